The zero-order valence-electron chi connectivity index (χ0n) is 20.5. The van der Waals surface area contributed by atoms with Crippen LogP contribution in [0.1, 0.15) is 29.7 Å². The van der Waals surface area contributed by atoms with Crippen molar-refractivity contribution in [1.29, 1.82) is 0 Å². The van der Waals surface area contributed by atoms with Crippen LogP contribution in [0.3, 0.4) is 0 Å². The molecule has 5 rings (SSSR count). The lowest BCUT2D eigenvalue weighted by Gasteiger charge is -2.25. The monoisotopic (exact) mass is 748 g/mol. The molecule has 0 aliphatic carbocycles. The first-order chi connectivity index (χ1) is 18.4. The topological polar surface area (TPSA) is 69.9 Å². The van der Waals surface area contributed by atoms with E-state index in [0.717, 1.165) is 29.6 Å². The van der Waals surface area contributed by atoms with Crippen LogP contribution < -0.4 is 19.6 Å². The van der Waals surface area contributed by atoms with E-state index in [1.165, 1.54) is 11.3 Å². The number of methoxy groups -OCH3 is 1. The molecule has 4 aromatic rings. The lowest BCUT2D eigenvalue weighted by Crippen LogP contribution is -2.40. The minimum Gasteiger partial charge on any atom is -0.495 e. The third-order valence-corrected chi connectivity index (χ3v) is 8.60. The van der Waals surface area contributed by atoms with Gasteiger partial charge in [-0.1, -0.05) is 72.0 Å². The van der Waals surface area contributed by atoms with Gasteiger partial charge in [0, 0.05) is 5.56 Å². The number of halogens is 2. The highest BCUT2D eigenvalue weighted by atomic mass is 127. The predicted octanol–water partition coefficient (Wildman–Crippen LogP) is 5.15. The summed E-state index contributed by atoms with van der Waals surface area (Å²) in [5, 5.41) is 0. The zero-order chi connectivity index (χ0) is 26.8. The molecule has 0 fully saturated rings. The van der Waals surface area contributed by atoms with Gasteiger partial charge in [0.15, 0.2) is 4.80 Å². The normalized spacial score (nSPS) is 15.2. The van der Waals surface area contributed by atoms with E-state index in [1.807, 2.05) is 78.9 Å². The number of ether oxygens (including phenoxy) is 2. The van der Waals surface area contributed by atoms with Gasteiger partial charge in [0.25, 0.3) is 5.56 Å². The van der Waals surface area contributed by atoms with Crippen LogP contribution in [0.2, 0.25) is 0 Å². The van der Waals surface area contributed by atoms with Crippen molar-refractivity contribution in [2.24, 2.45) is 4.99 Å². The van der Waals surface area contributed by atoms with Crippen LogP contribution >= 0.6 is 56.5 Å². The molecule has 9 heteroatoms. The van der Waals surface area contributed by atoms with Gasteiger partial charge in [-0.25, -0.2) is 9.79 Å². The average Bonchev–Trinajstić information content (AvgIpc) is 3.23. The number of fused-ring (bicyclic) bond motifs is 1. The molecule has 0 bridgehead atoms. The summed E-state index contributed by atoms with van der Waals surface area (Å²) in [7, 11) is 1.65. The van der Waals surface area contributed by atoms with Crippen LogP contribution in [0.25, 0.3) is 11.8 Å². The van der Waals surface area contributed by atoms with Crippen LogP contribution in [-0.2, 0) is 9.53 Å². The van der Waals surface area contributed by atoms with Gasteiger partial charge in [-0.3, -0.25) is 9.36 Å². The Kier molecular flexibility index (Phi) is 8.15. The number of carbonyl (C=O) groups is 1. The highest BCUT2D eigenvalue weighted by molar-refractivity contribution is 14.1. The smallest absolute Gasteiger partial charge is 0.338 e. The van der Waals surface area contributed by atoms with Gasteiger partial charge in [0.2, 0.25) is 0 Å². The standard InChI is InChI=1S/C29H22I2N2O4S/c1-3-37-28(35)23-24(18-10-6-4-7-11-18)32-29-33(25(23)19-12-8-5-9-13-19)27(34)22(38-29)16-17-14-20(30)26(36-2)21(31)15-17/h4-16,25H,3H2,1-2H3/b22-16-/t25-/m0/s1. The third-order valence-electron chi connectivity index (χ3n) is 6.01. The van der Waals surface area contributed by atoms with Crippen LogP contribution in [-0.4, -0.2) is 24.3 Å². The SMILES string of the molecule is CCOC(=O)C1=C(c2ccccc2)N=c2s/c(=C\c3cc(I)c(OC)c(I)c3)c(=O)n2[C@H]1c1ccccc1. The summed E-state index contributed by atoms with van der Waals surface area (Å²) in [5.74, 6) is 0.318. The summed E-state index contributed by atoms with van der Waals surface area (Å²) in [4.78, 5) is 32.8. The van der Waals surface area contributed by atoms with E-state index in [0.29, 0.717) is 20.6 Å². The molecular weight excluding hydrogens is 726 g/mol. The van der Waals surface area contributed by atoms with E-state index < -0.39 is 12.0 Å². The summed E-state index contributed by atoms with van der Waals surface area (Å²) < 4.78 is 15.0. The second kappa shape index (κ2) is 11.5. The number of benzene rings is 3. The number of rotatable bonds is 6. The minimum absolute atomic E-state index is 0.211. The molecule has 0 saturated carbocycles. The van der Waals surface area contributed by atoms with Gasteiger partial charge in [-0.2, -0.15) is 0 Å². The summed E-state index contributed by atoms with van der Waals surface area (Å²) in [6, 6.07) is 22.4. The molecule has 0 saturated heterocycles. The lowest BCUT2D eigenvalue weighted by atomic mass is 9.93. The zero-order valence-corrected chi connectivity index (χ0v) is 25.6. The fourth-order valence-corrected chi connectivity index (χ4v) is 7.66. The number of hydrogen-bond donors (Lipinski definition) is 0. The molecule has 0 N–H and O–H groups in total. The second-order valence-corrected chi connectivity index (χ2v) is 11.7. The molecule has 1 aliphatic rings. The van der Waals surface area contributed by atoms with E-state index >= 15 is 0 Å². The van der Waals surface area contributed by atoms with Crippen LogP contribution in [0.4, 0.5) is 0 Å². The molecule has 1 atom stereocenters. The molecule has 6 nitrogen and oxygen atoms in total. The van der Waals surface area contributed by atoms with Gasteiger partial charge in [0.05, 0.1) is 42.7 Å². The fourth-order valence-electron chi connectivity index (χ4n) is 4.40. The van der Waals surface area contributed by atoms with E-state index in [1.54, 1.807) is 18.6 Å². The lowest BCUT2D eigenvalue weighted by molar-refractivity contribution is -0.138. The molecule has 2 heterocycles. The fraction of sp³-hybridized carbons (Fsp3) is 0.138. The van der Waals surface area contributed by atoms with E-state index in [9.17, 15) is 9.59 Å². The second-order valence-electron chi connectivity index (χ2n) is 8.36. The van der Waals surface area contributed by atoms with Crippen molar-refractivity contribution >= 4 is 74.3 Å². The molecule has 38 heavy (non-hydrogen) atoms. The highest BCUT2D eigenvalue weighted by Gasteiger charge is 2.35. The number of carbonyl (C=O) groups excluding carboxylic acids is 1. The Morgan fingerprint density at radius 3 is 2.29 bits per heavy atom. The summed E-state index contributed by atoms with van der Waals surface area (Å²) in [6.45, 7) is 1.98. The number of thiazole rings is 1. The van der Waals surface area contributed by atoms with Gasteiger partial charge in [0.1, 0.15) is 5.75 Å². The van der Waals surface area contributed by atoms with Crippen LogP contribution in [0.15, 0.2) is 88.2 Å². The molecule has 0 radical (unpaired) electrons. The van der Waals surface area contributed by atoms with Crippen LogP contribution in [0, 0.1) is 7.14 Å². The predicted molar refractivity (Wildman–Crippen MR) is 166 cm³/mol. The molecule has 1 aliphatic heterocycles. The summed E-state index contributed by atoms with van der Waals surface area (Å²) in [6.07, 6.45) is 1.87. The average molecular weight is 748 g/mol. The summed E-state index contributed by atoms with van der Waals surface area (Å²) in [5.41, 5.74) is 3.12. The highest BCUT2D eigenvalue weighted by Crippen LogP contribution is 2.35. The Morgan fingerprint density at radius 2 is 1.68 bits per heavy atom. The first kappa shape index (κ1) is 26.8. The molecule has 0 amide bonds. The van der Waals surface area contributed by atoms with Crippen molar-refractivity contribution in [3.63, 3.8) is 0 Å². The number of nitrogens with zero attached hydrogens (tertiary/aromatic N) is 2. The first-order valence-corrected chi connectivity index (χ1v) is 14.8. The van der Waals surface area contributed by atoms with Crippen molar-refractivity contribution in [3.05, 3.63) is 122 Å². The van der Waals surface area contributed by atoms with E-state index in [4.69, 9.17) is 14.5 Å². The maximum Gasteiger partial charge on any atom is 0.338 e. The molecule has 192 valence electrons. The Balaban J connectivity index is 1.80. The molecular formula is C29H22I2N2O4S. The third kappa shape index (κ3) is 5.10. The Hall–Kier alpha value is -2.77. The maximum atomic E-state index is 13.9. The maximum absolute atomic E-state index is 13.9. The number of aromatic nitrogens is 1. The minimum atomic E-state index is -0.681. The molecule has 1 aromatic heterocycles. The van der Waals surface area contributed by atoms with Crippen molar-refractivity contribution in [3.8, 4) is 5.75 Å². The van der Waals surface area contributed by atoms with Gasteiger partial charge in [-0.15, -0.1) is 0 Å². The number of hydrogen-bond acceptors (Lipinski definition) is 6. The molecule has 0 spiro atoms. The van der Waals surface area contributed by atoms with Crippen LogP contribution in [0.5, 0.6) is 5.75 Å². The van der Waals surface area contributed by atoms with Crippen molar-refractivity contribution in [1.82, 2.24) is 4.57 Å². The Bertz CT molecular complexity index is 1700. The van der Waals surface area contributed by atoms with Gasteiger partial charge in [-0.05, 0) is 81.4 Å². The Labute approximate surface area is 250 Å². The molecule has 3 aromatic carbocycles. The van der Waals surface area contributed by atoms with Crippen molar-refractivity contribution in [2.45, 2.75) is 13.0 Å². The largest absolute Gasteiger partial charge is 0.495 e. The van der Waals surface area contributed by atoms with Crippen molar-refractivity contribution < 1.29 is 14.3 Å². The summed E-state index contributed by atoms with van der Waals surface area (Å²) >= 11 is 5.77. The van der Waals surface area contributed by atoms with Gasteiger partial charge < -0.3 is 9.47 Å². The van der Waals surface area contributed by atoms with Crippen molar-refractivity contribution in [2.75, 3.05) is 13.7 Å². The molecule has 0 unspecified atom stereocenters. The number of esters is 1. The Morgan fingerprint density at radius 1 is 1.05 bits per heavy atom. The first-order valence-electron chi connectivity index (χ1n) is 11.8. The van der Waals surface area contributed by atoms with E-state index in [2.05, 4.69) is 45.2 Å². The quantitative estimate of drug-likeness (QED) is 0.202. The van der Waals surface area contributed by atoms with E-state index in [-0.39, 0.29) is 12.2 Å². The van der Waals surface area contributed by atoms with Gasteiger partial charge >= 0.3 is 5.97 Å².